The van der Waals surface area contributed by atoms with E-state index in [9.17, 15) is 4.79 Å². The van der Waals surface area contributed by atoms with E-state index in [0.717, 1.165) is 44.0 Å². The van der Waals surface area contributed by atoms with Crippen LogP contribution in [0.4, 0.5) is 15.9 Å². The third kappa shape index (κ3) is 6.53. The number of anilines is 2. The second-order valence-corrected chi connectivity index (χ2v) is 8.78. The Labute approximate surface area is 218 Å². The van der Waals surface area contributed by atoms with Gasteiger partial charge in [-0.2, -0.15) is 0 Å². The highest BCUT2D eigenvalue weighted by Gasteiger charge is 2.21. The Morgan fingerprint density at radius 1 is 1.24 bits per heavy atom. The van der Waals surface area contributed by atoms with Gasteiger partial charge in [0.2, 0.25) is 5.90 Å². The van der Waals surface area contributed by atoms with Crippen molar-refractivity contribution in [2.24, 2.45) is 0 Å². The molecule has 2 aromatic carbocycles. The molecule has 1 fully saturated rings. The third-order valence-corrected chi connectivity index (χ3v) is 6.12. The van der Waals surface area contributed by atoms with Gasteiger partial charge in [-0.05, 0) is 29.3 Å². The first-order valence-corrected chi connectivity index (χ1v) is 11.9. The van der Waals surface area contributed by atoms with E-state index < -0.39 is 11.7 Å². The van der Waals surface area contributed by atoms with Crippen molar-refractivity contribution < 1.29 is 23.4 Å². The summed E-state index contributed by atoms with van der Waals surface area (Å²) in [6.45, 7) is 4.11. The van der Waals surface area contributed by atoms with E-state index in [1.807, 2.05) is 24.3 Å². The van der Waals surface area contributed by atoms with Gasteiger partial charge >= 0.3 is 0 Å². The maximum absolute atomic E-state index is 15.3. The summed E-state index contributed by atoms with van der Waals surface area (Å²) in [4.78, 5) is 19.2. The molecule has 194 valence electrons. The Balaban J connectivity index is 1.46. The first-order valence-electron chi connectivity index (χ1n) is 11.5. The number of aromatic nitrogens is 1. The Morgan fingerprint density at radius 3 is 2.76 bits per heavy atom. The van der Waals surface area contributed by atoms with Crippen LogP contribution in [-0.2, 0) is 22.6 Å². The number of rotatable bonds is 8. The fourth-order valence-corrected chi connectivity index (χ4v) is 4.11. The molecule has 0 saturated carbocycles. The minimum Gasteiger partial charge on any atom is -0.486 e. The number of nitrogens with one attached hydrogen (secondary N) is 2. The number of methoxy groups -OCH3 is 1. The molecule has 1 saturated heterocycles. The Kier molecular flexibility index (Phi) is 8.54. The van der Waals surface area contributed by atoms with Crippen LogP contribution in [0.3, 0.4) is 0 Å². The zero-order valence-electron chi connectivity index (χ0n) is 20.2. The average molecular weight is 528 g/mol. The highest BCUT2D eigenvalue weighted by molar-refractivity contribution is 6.34. The van der Waals surface area contributed by atoms with E-state index in [1.54, 1.807) is 0 Å². The fourth-order valence-electron chi connectivity index (χ4n) is 3.88. The zero-order valence-corrected chi connectivity index (χ0v) is 21.0. The molecule has 0 atom stereocenters. The van der Waals surface area contributed by atoms with Crippen molar-refractivity contribution in [1.29, 1.82) is 5.41 Å². The van der Waals surface area contributed by atoms with Gasteiger partial charge in [-0.25, -0.2) is 9.37 Å². The van der Waals surface area contributed by atoms with Crippen molar-refractivity contribution in [1.82, 2.24) is 9.88 Å². The molecular weight excluding hydrogens is 501 g/mol. The molecular formula is C26H27ClFN5O4. The maximum atomic E-state index is 15.3. The van der Waals surface area contributed by atoms with Crippen LogP contribution in [0.25, 0.3) is 0 Å². The molecule has 0 aliphatic carbocycles. The van der Waals surface area contributed by atoms with Crippen molar-refractivity contribution in [2.45, 2.75) is 13.2 Å². The van der Waals surface area contributed by atoms with Gasteiger partial charge in [-0.1, -0.05) is 35.9 Å². The van der Waals surface area contributed by atoms with Crippen molar-refractivity contribution in [3.05, 3.63) is 81.8 Å². The van der Waals surface area contributed by atoms with E-state index in [0.29, 0.717) is 0 Å². The number of halogens is 2. The van der Waals surface area contributed by atoms with E-state index in [-0.39, 0.29) is 45.9 Å². The lowest BCUT2D eigenvalue weighted by atomic mass is 10.1. The molecule has 0 spiro atoms. The molecule has 9 nitrogen and oxygen atoms in total. The number of carbonyl (C=O) groups excluding carboxylic acids is 1. The quantitative estimate of drug-likeness (QED) is 0.298. The van der Waals surface area contributed by atoms with Crippen LogP contribution in [0, 0.1) is 11.2 Å². The topological polar surface area (TPSA) is 123 Å². The number of hydrogen-bond donors (Lipinski definition) is 3. The zero-order chi connectivity index (χ0) is 26.4. The number of carbonyl (C=O) groups is 1. The van der Waals surface area contributed by atoms with Crippen LogP contribution in [0.5, 0.6) is 5.75 Å². The molecule has 4 rings (SSSR count). The highest BCUT2D eigenvalue weighted by Crippen LogP contribution is 2.29. The lowest BCUT2D eigenvalue weighted by molar-refractivity contribution is 0.0342. The lowest BCUT2D eigenvalue weighted by Crippen LogP contribution is -2.35. The van der Waals surface area contributed by atoms with Gasteiger partial charge in [0.05, 0.1) is 48.4 Å². The fraction of sp³-hybridized carbons (Fsp3) is 0.269. The third-order valence-electron chi connectivity index (χ3n) is 5.80. The molecule has 1 amide bonds. The highest BCUT2D eigenvalue weighted by atomic mass is 35.5. The summed E-state index contributed by atoms with van der Waals surface area (Å²) in [5.74, 6) is -1.97. The largest absolute Gasteiger partial charge is 0.486 e. The summed E-state index contributed by atoms with van der Waals surface area (Å²) >= 11 is 6.16. The van der Waals surface area contributed by atoms with Gasteiger partial charge < -0.3 is 25.3 Å². The number of benzene rings is 2. The minimum absolute atomic E-state index is 0.0541. The standard InChI is InChI=1S/C26H27ClFN5O4/c1-35-25(30)19-12-18(13-31-24(19)29)32-26(34)22-20(27)5-6-21(23(22)28)37-15-17-4-2-3-16(11-17)14-33-7-9-36-10-8-33/h2-6,11-13,30H,7-10,14-15H2,1H3,(H2,29,31)(H,32,34). The SMILES string of the molecule is COC(=N)c1cc(NC(=O)c2c(Cl)ccc(OCc3cccc(CN4CCOCC4)c3)c2F)cnc1N. The molecule has 4 N–H and O–H groups in total. The number of nitrogen functional groups attached to an aromatic ring is 1. The summed E-state index contributed by atoms with van der Waals surface area (Å²) < 4.78 is 31.3. The van der Waals surface area contributed by atoms with Gasteiger partial charge in [-0.15, -0.1) is 0 Å². The molecule has 0 bridgehead atoms. The second kappa shape index (κ2) is 12.0. The molecule has 11 heteroatoms. The molecule has 2 heterocycles. The van der Waals surface area contributed by atoms with E-state index in [4.69, 9.17) is 37.0 Å². The first-order chi connectivity index (χ1) is 17.9. The number of nitrogens with two attached hydrogens (primary N) is 1. The minimum atomic E-state index is -0.886. The summed E-state index contributed by atoms with van der Waals surface area (Å²) in [7, 11) is 1.31. The van der Waals surface area contributed by atoms with Crippen molar-refractivity contribution in [3.8, 4) is 5.75 Å². The van der Waals surface area contributed by atoms with E-state index in [1.165, 1.54) is 31.5 Å². The molecule has 0 unspecified atom stereocenters. The second-order valence-electron chi connectivity index (χ2n) is 8.38. The molecule has 0 radical (unpaired) electrons. The maximum Gasteiger partial charge on any atom is 0.260 e. The number of morpholine rings is 1. The summed E-state index contributed by atoms with van der Waals surface area (Å²) in [5, 5.41) is 10.2. The van der Waals surface area contributed by atoms with E-state index >= 15 is 4.39 Å². The Morgan fingerprint density at radius 2 is 2.00 bits per heavy atom. The Hall–Kier alpha value is -3.73. The predicted octanol–water partition coefficient (Wildman–Crippen LogP) is 4.09. The van der Waals surface area contributed by atoms with Crippen LogP contribution < -0.4 is 15.8 Å². The van der Waals surface area contributed by atoms with Gasteiger partial charge in [0.15, 0.2) is 11.6 Å². The molecule has 1 aliphatic rings. The normalized spacial score (nSPS) is 13.7. The van der Waals surface area contributed by atoms with E-state index in [2.05, 4.69) is 15.2 Å². The molecule has 37 heavy (non-hydrogen) atoms. The van der Waals surface area contributed by atoms with Crippen LogP contribution in [0.15, 0.2) is 48.7 Å². The van der Waals surface area contributed by atoms with Crippen LogP contribution in [0.2, 0.25) is 5.02 Å². The predicted molar refractivity (Wildman–Crippen MR) is 139 cm³/mol. The van der Waals surface area contributed by atoms with Crippen LogP contribution in [-0.4, -0.2) is 55.1 Å². The summed E-state index contributed by atoms with van der Waals surface area (Å²) in [6, 6.07) is 12.1. The lowest BCUT2D eigenvalue weighted by Gasteiger charge is -2.26. The number of nitrogens with zero attached hydrogens (tertiary/aromatic N) is 2. The monoisotopic (exact) mass is 527 g/mol. The van der Waals surface area contributed by atoms with Crippen molar-refractivity contribution in [2.75, 3.05) is 44.5 Å². The number of ether oxygens (including phenoxy) is 3. The van der Waals surface area contributed by atoms with Gasteiger partial charge in [0.25, 0.3) is 5.91 Å². The smallest absolute Gasteiger partial charge is 0.260 e. The molecule has 1 aromatic heterocycles. The van der Waals surface area contributed by atoms with Gasteiger partial charge in [0, 0.05) is 19.6 Å². The average Bonchev–Trinajstić information content (AvgIpc) is 2.90. The Bertz CT molecular complexity index is 1300. The number of hydrogen-bond acceptors (Lipinski definition) is 8. The summed E-state index contributed by atoms with van der Waals surface area (Å²) in [6.07, 6.45) is 1.29. The molecule has 1 aliphatic heterocycles. The number of pyridine rings is 1. The number of amides is 1. The van der Waals surface area contributed by atoms with Crippen LogP contribution >= 0.6 is 11.6 Å². The van der Waals surface area contributed by atoms with Gasteiger partial charge in [0.1, 0.15) is 12.4 Å². The van der Waals surface area contributed by atoms with Gasteiger partial charge in [-0.3, -0.25) is 15.1 Å². The van der Waals surface area contributed by atoms with Crippen LogP contribution in [0.1, 0.15) is 27.0 Å². The molecule has 3 aromatic rings. The van der Waals surface area contributed by atoms with Crippen molar-refractivity contribution >= 4 is 34.9 Å². The van der Waals surface area contributed by atoms with Crippen molar-refractivity contribution in [3.63, 3.8) is 0 Å². The summed E-state index contributed by atoms with van der Waals surface area (Å²) in [5.41, 5.74) is 7.75. The first kappa shape index (κ1) is 26.3.